The first-order chi connectivity index (χ1) is 11.2. The van der Waals surface area contributed by atoms with Crippen molar-refractivity contribution in [1.82, 2.24) is 4.90 Å². The van der Waals surface area contributed by atoms with Crippen LogP contribution in [-0.2, 0) is 0 Å². The van der Waals surface area contributed by atoms with Crippen molar-refractivity contribution in [3.05, 3.63) is 65.7 Å². The van der Waals surface area contributed by atoms with E-state index in [9.17, 15) is 4.79 Å². The van der Waals surface area contributed by atoms with Crippen molar-refractivity contribution < 1.29 is 4.79 Å². The Bertz CT molecular complexity index is 680. The third-order valence-electron chi connectivity index (χ3n) is 4.60. The van der Waals surface area contributed by atoms with E-state index in [-0.39, 0.29) is 18.3 Å². The molecule has 0 spiro atoms. The van der Waals surface area contributed by atoms with Gasteiger partial charge in [0.05, 0.1) is 5.56 Å². The molecule has 3 nitrogen and oxygen atoms in total. The van der Waals surface area contributed by atoms with Crippen LogP contribution < -0.4 is 5.73 Å². The first kappa shape index (κ1) is 18.8. The maximum Gasteiger partial charge on any atom is 0.255 e. The van der Waals surface area contributed by atoms with E-state index in [4.69, 9.17) is 5.73 Å². The molecule has 2 aromatic carbocycles. The molecule has 0 aromatic heterocycles. The molecule has 1 heterocycles. The maximum atomic E-state index is 12.9. The van der Waals surface area contributed by atoms with Crippen LogP contribution in [0.2, 0.25) is 0 Å². The molecule has 2 aromatic rings. The summed E-state index contributed by atoms with van der Waals surface area (Å²) in [4.78, 5) is 15.9. The summed E-state index contributed by atoms with van der Waals surface area (Å²) >= 11 is 1.61. The lowest BCUT2D eigenvalue weighted by molar-refractivity contribution is 0.0783. The normalized spacial score (nSPS) is 19.8. The minimum Gasteiger partial charge on any atom is -0.338 e. The first-order valence-electron chi connectivity index (χ1n) is 7.92. The Balaban J connectivity index is 0.00000208. The fourth-order valence-electron chi connectivity index (χ4n) is 3.35. The molecule has 0 aliphatic carbocycles. The lowest BCUT2D eigenvalue weighted by Crippen LogP contribution is -2.30. The molecule has 0 unspecified atom stereocenters. The van der Waals surface area contributed by atoms with Gasteiger partial charge < -0.3 is 10.6 Å². The highest BCUT2D eigenvalue weighted by molar-refractivity contribution is 7.98. The van der Waals surface area contributed by atoms with Gasteiger partial charge >= 0.3 is 0 Å². The van der Waals surface area contributed by atoms with Gasteiger partial charge in [-0.25, -0.2) is 0 Å². The van der Waals surface area contributed by atoms with E-state index in [1.807, 2.05) is 41.5 Å². The molecule has 24 heavy (non-hydrogen) atoms. The van der Waals surface area contributed by atoms with E-state index in [1.54, 1.807) is 11.8 Å². The Kier molecular flexibility index (Phi) is 6.72. The molecule has 128 valence electrons. The van der Waals surface area contributed by atoms with Gasteiger partial charge in [0.2, 0.25) is 0 Å². The third kappa shape index (κ3) is 3.77. The van der Waals surface area contributed by atoms with Gasteiger partial charge in [0.15, 0.2) is 0 Å². The molecule has 0 bridgehead atoms. The number of hydrogen-bond donors (Lipinski definition) is 1. The fraction of sp³-hybridized carbons (Fsp3) is 0.316. The minimum atomic E-state index is 0. The summed E-state index contributed by atoms with van der Waals surface area (Å²) in [5.74, 6) is 0.765. The van der Waals surface area contributed by atoms with Gasteiger partial charge in [-0.2, -0.15) is 0 Å². The summed E-state index contributed by atoms with van der Waals surface area (Å²) < 4.78 is 0. The Morgan fingerprint density at radius 2 is 1.79 bits per heavy atom. The quantitative estimate of drug-likeness (QED) is 0.844. The molecule has 0 saturated carbocycles. The Hall–Kier alpha value is -1.49. The predicted molar refractivity (Wildman–Crippen MR) is 103 cm³/mol. The van der Waals surface area contributed by atoms with Crippen molar-refractivity contribution >= 4 is 30.1 Å². The zero-order valence-corrected chi connectivity index (χ0v) is 15.4. The van der Waals surface area contributed by atoms with E-state index in [0.717, 1.165) is 23.5 Å². The molecular weight excluding hydrogens is 340 g/mol. The summed E-state index contributed by atoms with van der Waals surface area (Å²) in [6.45, 7) is 2.08. The number of likely N-dealkylation sites (tertiary alicyclic amines) is 1. The van der Waals surface area contributed by atoms with E-state index in [1.165, 1.54) is 5.56 Å². The number of amides is 1. The van der Waals surface area contributed by atoms with Crippen molar-refractivity contribution in [1.29, 1.82) is 0 Å². The number of rotatable bonds is 4. The van der Waals surface area contributed by atoms with Crippen LogP contribution in [0, 0.1) is 5.92 Å². The van der Waals surface area contributed by atoms with Crippen molar-refractivity contribution in [3.63, 3.8) is 0 Å². The highest BCUT2D eigenvalue weighted by atomic mass is 35.5. The highest BCUT2D eigenvalue weighted by Gasteiger charge is 2.35. The van der Waals surface area contributed by atoms with Crippen LogP contribution in [-0.4, -0.2) is 36.7 Å². The van der Waals surface area contributed by atoms with Crippen LogP contribution in [0.3, 0.4) is 0 Å². The average Bonchev–Trinajstić information content (AvgIpc) is 3.06. The van der Waals surface area contributed by atoms with Crippen LogP contribution in [0.25, 0.3) is 0 Å². The Labute approximate surface area is 154 Å². The van der Waals surface area contributed by atoms with Crippen molar-refractivity contribution in [2.75, 3.05) is 25.9 Å². The van der Waals surface area contributed by atoms with Gasteiger partial charge in [0.1, 0.15) is 0 Å². The molecule has 1 amide bonds. The second kappa shape index (κ2) is 8.56. The number of benzene rings is 2. The Morgan fingerprint density at radius 3 is 2.46 bits per heavy atom. The molecule has 1 saturated heterocycles. The van der Waals surface area contributed by atoms with Crippen LogP contribution in [0.4, 0.5) is 0 Å². The summed E-state index contributed by atoms with van der Waals surface area (Å²) in [5, 5.41) is 0. The smallest absolute Gasteiger partial charge is 0.255 e. The number of halogens is 1. The number of nitrogens with two attached hydrogens (primary N) is 1. The lowest BCUT2D eigenvalue weighted by Gasteiger charge is -2.18. The fourth-order valence-corrected chi connectivity index (χ4v) is 3.94. The van der Waals surface area contributed by atoms with Gasteiger partial charge in [-0.1, -0.05) is 42.5 Å². The van der Waals surface area contributed by atoms with Gasteiger partial charge in [-0.15, -0.1) is 24.2 Å². The molecule has 3 rings (SSSR count). The Morgan fingerprint density at radius 1 is 1.12 bits per heavy atom. The number of carbonyl (C=O) groups is 1. The molecule has 1 aliphatic heterocycles. The standard InChI is InChI=1S/C19H22N2OS.ClH/c1-23-18-10-6-5-9-16(18)19(22)21-12-15(11-20)17(13-21)14-7-3-2-4-8-14;/h2-10,15,17H,11-13,20H2,1H3;1H/t15-,17+;/m1./s1. The molecule has 5 heteroatoms. The second-order valence-electron chi connectivity index (χ2n) is 5.92. The van der Waals surface area contributed by atoms with Crippen molar-refractivity contribution in [2.24, 2.45) is 11.7 Å². The van der Waals surface area contributed by atoms with Crippen molar-refractivity contribution in [2.45, 2.75) is 10.8 Å². The summed E-state index contributed by atoms with van der Waals surface area (Å²) in [6.07, 6.45) is 2.01. The molecule has 1 aliphatic rings. The van der Waals surface area contributed by atoms with Crippen LogP contribution in [0.5, 0.6) is 0 Å². The average molecular weight is 363 g/mol. The summed E-state index contributed by atoms with van der Waals surface area (Å²) in [5.41, 5.74) is 8.05. The van der Waals surface area contributed by atoms with Gasteiger partial charge in [0, 0.05) is 23.9 Å². The molecule has 2 N–H and O–H groups in total. The number of thioether (sulfide) groups is 1. The summed E-state index contributed by atoms with van der Waals surface area (Å²) in [6, 6.07) is 18.2. The molecule has 2 atom stereocenters. The highest BCUT2D eigenvalue weighted by Crippen LogP contribution is 2.33. The van der Waals surface area contributed by atoms with Crippen LogP contribution in [0.15, 0.2) is 59.5 Å². The molecule has 0 radical (unpaired) electrons. The topological polar surface area (TPSA) is 46.3 Å². The molecule has 1 fully saturated rings. The minimum absolute atomic E-state index is 0. The van der Waals surface area contributed by atoms with Gasteiger partial charge in [0.25, 0.3) is 5.91 Å². The molecular formula is C19H23ClN2OS. The second-order valence-corrected chi connectivity index (χ2v) is 6.77. The van der Waals surface area contributed by atoms with Gasteiger partial charge in [-0.05, 0) is 36.4 Å². The zero-order valence-electron chi connectivity index (χ0n) is 13.7. The van der Waals surface area contributed by atoms with E-state index < -0.39 is 0 Å². The number of hydrogen-bond acceptors (Lipinski definition) is 3. The third-order valence-corrected chi connectivity index (χ3v) is 5.39. The SMILES string of the molecule is CSc1ccccc1C(=O)N1C[C@@H](CN)[C@H](c2ccccc2)C1.Cl. The first-order valence-corrected chi connectivity index (χ1v) is 9.14. The number of carbonyl (C=O) groups excluding carboxylic acids is 1. The monoisotopic (exact) mass is 362 g/mol. The number of nitrogens with zero attached hydrogens (tertiary/aromatic N) is 1. The van der Waals surface area contributed by atoms with Crippen LogP contribution >= 0.6 is 24.2 Å². The van der Waals surface area contributed by atoms with E-state index >= 15 is 0 Å². The van der Waals surface area contributed by atoms with E-state index in [0.29, 0.717) is 18.4 Å². The van der Waals surface area contributed by atoms with E-state index in [2.05, 4.69) is 24.3 Å². The largest absolute Gasteiger partial charge is 0.338 e. The zero-order chi connectivity index (χ0) is 16.2. The summed E-state index contributed by atoms with van der Waals surface area (Å²) in [7, 11) is 0. The maximum absolute atomic E-state index is 12.9. The lowest BCUT2D eigenvalue weighted by atomic mass is 9.89. The van der Waals surface area contributed by atoms with Crippen LogP contribution in [0.1, 0.15) is 21.8 Å². The van der Waals surface area contributed by atoms with Gasteiger partial charge in [-0.3, -0.25) is 4.79 Å². The van der Waals surface area contributed by atoms with Crippen molar-refractivity contribution in [3.8, 4) is 0 Å². The predicted octanol–water partition coefficient (Wildman–Crippen LogP) is 3.64.